The Kier molecular flexibility index (Phi) is 5.96. The molecular weight excluding hydrogens is 451 g/mol. The lowest BCUT2D eigenvalue weighted by Gasteiger charge is -2.32. The Morgan fingerprint density at radius 3 is 2.56 bits per heavy atom. The lowest BCUT2D eigenvalue weighted by atomic mass is 9.96. The van der Waals surface area contributed by atoms with Crippen molar-refractivity contribution >= 4 is 51.7 Å². The summed E-state index contributed by atoms with van der Waals surface area (Å²) in [5, 5.41) is 3.59. The Morgan fingerprint density at radius 1 is 1.12 bits per heavy atom. The van der Waals surface area contributed by atoms with Crippen molar-refractivity contribution in [2.24, 2.45) is 5.92 Å². The zero-order valence-corrected chi connectivity index (χ0v) is 16.5. The van der Waals surface area contributed by atoms with E-state index in [-0.39, 0.29) is 17.7 Å². The molecule has 0 bridgehead atoms. The predicted molar refractivity (Wildman–Crippen MR) is 108 cm³/mol. The minimum atomic E-state index is -0.194. The Labute approximate surface area is 165 Å². The number of likely N-dealkylation sites (tertiary alicyclic amines) is 1. The molecule has 1 heterocycles. The van der Waals surface area contributed by atoms with Crippen LogP contribution in [0.4, 0.5) is 5.69 Å². The van der Waals surface area contributed by atoms with Crippen LogP contribution in [0.15, 0.2) is 48.5 Å². The number of hydrogen-bond acceptors (Lipinski definition) is 2. The first-order valence-electron chi connectivity index (χ1n) is 8.15. The van der Waals surface area contributed by atoms with E-state index in [0.29, 0.717) is 23.7 Å². The molecule has 1 unspecified atom stereocenters. The molecule has 6 heteroatoms. The highest BCUT2D eigenvalue weighted by Crippen LogP contribution is 2.23. The third-order valence-corrected chi connectivity index (χ3v) is 5.49. The summed E-state index contributed by atoms with van der Waals surface area (Å²) in [5.74, 6) is -0.276. The van der Waals surface area contributed by atoms with E-state index in [1.54, 1.807) is 29.2 Å². The minimum Gasteiger partial charge on any atom is -0.338 e. The zero-order chi connectivity index (χ0) is 17.8. The van der Waals surface area contributed by atoms with Crippen molar-refractivity contribution in [3.05, 3.63) is 62.7 Å². The van der Waals surface area contributed by atoms with Crippen LogP contribution in [-0.4, -0.2) is 29.8 Å². The first-order chi connectivity index (χ1) is 12.0. The van der Waals surface area contributed by atoms with Gasteiger partial charge in [0.25, 0.3) is 5.91 Å². The first-order valence-corrected chi connectivity index (χ1v) is 9.60. The summed E-state index contributed by atoms with van der Waals surface area (Å²) in [4.78, 5) is 27.0. The molecule has 0 radical (unpaired) electrons. The molecular formula is C19H18ClIN2O2. The number of rotatable bonds is 3. The van der Waals surface area contributed by atoms with Gasteiger partial charge in [-0.2, -0.15) is 0 Å². The van der Waals surface area contributed by atoms with Crippen molar-refractivity contribution in [1.29, 1.82) is 0 Å². The summed E-state index contributed by atoms with van der Waals surface area (Å²) >= 11 is 8.08. The van der Waals surface area contributed by atoms with Gasteiger partial charge in [0.05, 0.1) is 11.6 Å². The van der Waals surface area contributed by atoms with Crippen molar-refractivity contribution in [3.8, 4) is 0 Å². The number of carbonyl (C=O) groups is 2. The molecule has 2 amide bonds. The number of nitrogens with one attached hydrogen (secondary N) is 1. The molecule has 130 valence electrons. The number of benzene rings is 2. The normalized spacial score (nSPS) is 17.2. The zero-order valence-electron chi connectivity index (χ0n) is 13.5. The highest BCUT2D eigenvalue weighted by Gasteiger charge is 2.29. The fourth-order valence-corrected chi connectivity index (χ4v) is 3.60. The van der Waals surface area contributed by atoms with Crippen LogP contribution in [0.2, 0.25) is 5.02 Å². The molecule has 1 aliphatic rings. The summed E-state index contributed by atoms with van der Waals surface area (Å²) in [6, 6.07) is 14.5. The van der Waals surface area contributed by atoms with E-state index in [2.05, 4.69) is 27.9 Å². The number of anilines is 1. The van der Waals surface area contributed by atoms with Crippen molar-refractivity contribution < 1.29 is 9.59 Å². The molecule has 4 nitrogen and oxygen atoms in total. The second kappa shape index (κ2) is 8.19. The van der Waals surface area contributed by atoms with Gasteiger partial charge < -0.3 is 10.2 Å². The van der Waals surface area contributed by atoms with Crippen LogP contribution in [0, 0.1) is 9.49 Å². The number of para-hydroxylation sites is 1. The topological polar surface area (TPSA) is 49.4 Å². The van der Waals surface area contributed by atoms with E-state index in [0.717, 1.165) is 22.1 Å². The Hall–Kier alpha value is -1.60. The number of amides is 2. The molecule has 1 fully saturated rings. The second-order valence-electron chi connectivity index (χ2n) is 6.07. The number of halogens is 2. The summed E-state index contributed by atoms with van der Waals surface area (Å²) in [7, 11) is 0. The fraction of sp³-hybridized carbons (Fsp3) is 0.263. The van der Waals surface area contributed by atoms with Gasteiger partial charge in [-0.1, -0.05) is 23.7 Å². The molecule has 1 aliphatic heterocycles. The van der Waals surface area contributed by atoms with E-state index in [4.69, 9.17) is 11.6 Å². The quantitative estimate of drug-likeness (QED) is 0.677. The summed E-state index contributed by atoms with van der Waals surface area (Å²) < 4.78 is 0.998. The van der Waals surface area contributed by atoms with Gasteiger partial charge in [0.1, 0.15) is 0 Å². The highest BCUT2D eigenvalue weighted by molar-refractivity contribution is 14.1. The third-order valence-electron chi connectivity index (χ3n) is 4.30. The van der Waals surface area contributed by atoms with Gasteiger partial charge in [-0.15, -0.1) is 0 Å². The van der Waals surface area contributed by atoms with Crippen LogP contribution in [0.1, 0.15) is 23.2 Å². The van der Waals surface area contributed by atoms with Crippen LogP contribution in [0.3, 0.4) is 0 Å². The van der Waals surface area contributed by atoms with Gasteiger partial charge in [-0.05, 0) is 71.8 Å². The lowest BCUT2D eigenvalue weighted by Crippen LogP contribution is -2.43. The van der Waals surface area contributed by atoms with Gasteiger partial charge in [-0.3, -0.25) is 9.59 Å². The maximum atomic E-state index is 12.6. The molecule has 2 aromatic rings. The Bertz CT molecular complexity index is 779. The molecule has 2 aromatic carbocycles. The van der Waals surface area contributed by atoms with Gasteiger partial charge in [-0.25, -0.2) is 0 Å². The van der Waals surface area contributed by atoms with E-state index >= 15 is 0 Å². The summed E-state index contributed by atoms with van der Waals surface area (Å²) in [6.45, 7) is 1.12. The SMILES string of the molecule is O=C(Nc1ccccc1I)C1CCCN(C(=O)c2ccc(Cl)cc2)C1. The van der Waals surface area contributed by atoms with Crippen LogP contribution in [-0.2, 0) is 4.79 Å². The van der Waals surface area contributed by atoms with Gasteiger partial charge in [0, 0.05) is 27.2 Å². The van der Waals surface area contributed by atoms with E-state index in [1.165, 1.54) is 0 Å². The number of hydrogen-bond donors (Lipinski definition) is 1. The van der Waals surface area contributed by atoms with Gasteiger partial charge >= 0.3 is 0 Å². The second-order valence-corrected chi connectivity index (χ2v) is 7.66. The first kappa shape index (κ1) is 18.2. The fourth-order valence-electron chi connectivity index (χ4n) is 2.95. The number of piperidine rings is 1. The van der Waals surface area contributed by atoms with Crippen molar-refractivity contribution in [1.82, 2.24) is 4.90 Å². The molecule has 1 atom stereocenters. The molecule has 0 spiro atoms. The third kappa shape index (κ3) is 4.52. The van der Waals surface area contributed by atoms with Crippen LogP contribution < -0.4 is 5.32 Å². The number of carbonyl (C=O) groups excluding carboxylic acids is 2. The molecule has 25 heavy (non-hydrogen) atoms. The van der Waals surface area contributed by atoms with Gasteiger partial charge in [0.15, 0.2) is 0 Å². The van der Waals surface area contributed by atoms with E-state index in [1.807, 2.05) is 24.3 Å². The van der Waals surface area contributed by atoms with Crippen LogP contribution in [0.25, 0.3) is 0 Å². The maximum Gasteiger partial charge on any atom is 0.253 e. The maximum absolute atomic E-state index is 12.6. The average molecular weight is 469 g/mol. The number of nitrogens with zero attached hydrogens (tertiary/aromatic N) is 1. The van der Waals surface area contributed by atoms with Crippen LogP contribution in [0.5, 0.6) is 0 Å². The standard InChI is InChI=1S/C19H18ClIN2O2/c20-15-9-7-13(8-10-15)19(25)23-11-3-4-14(12-23)18(24)22-17-6-2-1-5-16(17)21/h1-2,5-10,14H,3-4,11-12H2,(H,22,24). The van der Waals surface area contributed by atoms with Crippen molar-refractivity contribution in [2.45, 2.75) is 12.8 Å². The lowest BCUT2D eigenvalue weighted by molar-refractivity contribution is -0.121. The van der Waals surface area contributed by atoms with Gasteiger partial charge in [0.2, 0.25) is 5.91 Å². The molecule has 3 rings (SSSR count). The minimum absolute atomic E-state index is 0.0299. The van der Waals surface area contributed by atoms with E-state index < -0.39 is 0 Å². The molecule has 0 saturated carbocycles. The van der Waals surface area contributed by atoms with E-state index in [9.17, 15) is 9.59 Å². The molecule has 1 saturated heterocycles. The summed E-state index contributed by atoms with van der Waals surface area (Å²) in [5.41, 5.74) is 1.41. The van der Waals surface area contributed by atoms with Crippen LogP contribution >= 0.6 is 34.2 Å². The highest BCUT2D eigenvalue weighted by atomic mass is 127. The molecule has 1 N–H and O–H groups in total. The predicted octanol–water partition coefficient (Wildman–Crippen LogP) is 4.44. The smallest absolute Gasteiger partial charge is 0.253 e. The average Bonchev–Trinajstić information content (AvgIpc) is 2.64. The summed E-state index contributed by atoms with van der Waals surface area (Å²) in [6.07, 6.45) is 1.61. The van der Waals surface area contributed by atoms with Crippen molar-refractivity contribution in [3.63, 3.8) is 0 Å². The molecule has 0 aliphatic carbocycles. The largest absolute Gasteiger partial charge is 0.338 e. The monoisotopic (exact) mass is 468 g/mol. The Balaban J connectivity index is 1.66. The van der Waals surface area contributed by atoms with Crippen molar-refractivity contribution in [2.75, 3.05) is 18.4 Å². The molecule has 0 aromatic heterocycles. The Morgan fingerprint density at radius 2 is 1.84 bits per heavy atom.